The Labute approximate surface area is 115 Å². The van der Waals surface area contributed by atoms with Crippen molar-refractivity contribution in [3.63, 3.8) is 0 Å². The molecule has 106 valence electrons. The van der Waals surface area contributed by atoms with Crippen LogP contribution in [0.3, 0.4) is 0 Å². The third-order valence-electron chi connectivity index (χ3n) is 3.85. The van der Waals surface area contributed by atoms with Gasteiger partial charge in [-0.2, -0.15) is 0 Å². The SMILES string of the molecule is CCC1CCCCCN1c1ncnc(NC)c1OC. The molecule has 0 spiro atoms. The highest BCUT2D eigenvalue weighted by atomic mass is 16.5. The summed E-state index contributed by atoms with van der Waals surface area (Å²) in [7, 11) is 3.54. The van der Waals surface area contributed by atoms with Crippen molar-refractivity contribution in [3.8, 4) is 5.75 Å². The van der Waals surface area contributed by atoms with E-state index in [0.717, 1.165) is 30.4 Å². The molecule has 1 atom stereocenters. The van der Waals surface area contributed by atoms with E-state index in [1.165, 1.54) is 25.7 Å². The van der Waals surface area contributed by atoms with Crippen LogP contribution in [-0.4, -0.2) is 36.7 Å². The lowest BCUT2D eigenvalue weighted by Crippen LogP contribution is -2.35. The van der Waals surface area contributed by atoms with Gasteiger partial charge in [-0.15, -0.1) is 0 Å². The molecule has 5 nitrogen and oxygen atoms in total. The van der Waals surface area contributed by atoms with Crippen LogP contribution in [-0.2, 0) is 0 Å². The van der Waals surface area contributed by atoms with Crippen LogP contribution < -0.4 is 15.0 Å². The summed E-state index contributed by atoms with van der Waals surface area (Å²) in [6.07, 6.45) is 7.82. The summed E-state index contributed by atoms with van der Waals surface area (Å²) in [6, 6.07) is 0.552. The predicted octanol–water partition coefficient (Wildman–Crippen LogP) is 2.69. The zero-order valence-corrected chi connectivity index (χ0v) is 12.1. The molecule has 19 heavy (non-hydrogen) atoms. The summed E-state index contributed by atoms with van der Waals surface area (Å²) in [5.74, 6) is 2.44. The first-order chi connectivity index (χ1) is 9.31. The number of hydrogen-bond acceptors (Lipinski definition) is 5. The molecule has 0 radical (unpaired) electrons. The van der Waals surface area contributed by atoms with Crippen LogP contribution >= 0.6 is 0 Å². The maximum atomic E-state index is 5.53. The molecule has 0 aliphatic carbocycles. The average Bonchev–Trinajstić information content (AvgIpc) is 2.71. The second-order valence-electron chi connectivity index (χ2n) is 4.93. The lowest BCUT2D eigenvalue weighted by atomic mass is 10.1. The predicted molar refractivity (Wildman–Crippen MR) is 78.0 cm³/mol. The zero-order chi connectivity index (χ0) is 13.7. The van der Waals surface area contributed by atoms with Gasteiger partial charge in [0, 0.05) is 19.6 Å². The second-order valence-corrected chi connectivity index (χ2v) is 4.93. The van der Waals surface area contributed by atoms with Crippen LogP contribution in [0.25, 0.3) is 0 Å². The second kappa shape index (κ2) is 6.59. The van der Waals surface area contributed by atoms with Gasteiger partial charge in [-0.05, 0) is 19.3 Å². The third kappa shape index (κ3) is 2.91. The normalized spacial score (nSPS) is 19.9. The largest absolute Gasteiger partial charge is 0.490 e. The molecule has 2 heterocycles. The van der Waals surface area contributed by atoms with Gasteiger partial charge in [0.1, 0.15) is 6.33 Å². The van der Waals surface area contributed by atoms with E-state index in [1.807, 2.05) is 7.05 Å². The van der Waals surface area contributed by atoms with Crippen molar-refractivity contribution in [1.29, 1.82) is 0 Å². The van der Waals surface area contributed by atoms with Crippen LogP contribution in [0, 0.1) is 0 Å². The molecule has 0 aromatic carbocycles. The number of methoxy groups -OCH3 is 1. The topological polar surface area (TPSA) is 50.3 Å². The van der Waals surface area contributed by atoms with Crippen LogP contribution in [0.2, 0.25) is 0 Å². The van der Waals surface area contributed by atoms with E-state index < -0.39 is 0 Å². The molecule has 5 heteroatoms. The summed E-state index contributed by atoms with van der Waals surface area (Å²) in [5, 5.41) is 3.07. The van der Waals surface area contributed by atoms with Gasteiger partial charge in [0.2, 0.25) is 5.75 Å². The molecule has 1 fully saturated rings. The number of rotatable bonds is 4. The van der Waals surface area contributed by atoms with Crippen LogP contribution in [0.4, 0.5) is 11.6 Å². The summed E-state index contributed by atoms with van der Waals surface area (Å²) < 4.78 is 5.53. The molecule has 1 saturated heterocycles. The van der Waals surface area contributed by atoms with Gasteiger partial charge in [0.15, 0.2) is 11.6 Å². The highest BCUT2D eigenvalue weighted by molar-refractivity contribution is 5.65. The number of aromatic nitrogens is 2. The smallest absolute Gasteiger partial charge is 0.204 e. The minimum absolute atomic E-state index is 0.552. The molecular weight excluding hydrogens is 240 g/mol. The van der Waals surface area contributed by atoms with Gasteiger partial charge in [-0.3, -0.25) is 0 Å². The number of ether oxygens (including phenoxy) is 1. The Morgan fingerprint density at radius 2 is 2.21 bits per heavy atom. The Balaban J connectivity index is 2.37. The van der Waals surface area contributed by atoms with Gasteiger partial charge in [-0.25, -0.2) is 9.97 Å². The van der Waals surface area contributed by atoms with Crippen molar-refractivity contribution < 1.29 is 4.74 Å². The Kier molecular flexibility index (Phi) is 4.82. The monoisotopic (exact) mass is 264 g/mol. The summed E-state index contributed by atoms with van der Waals surface area (Å²) in [6.45, 7) is 3.30. The van der Waals surface area contributed by atoms with Crippen molar-refractivity contribution in [2.75, 3.05) is 30.9 Å². The van der Waals surface area contributed by atoms with Crippen LogP contribution in [0.1, 0.15) is 39.0 Å². The lowest BCUT2D eigenvalue weighted by molar-refractivity contribution is 0.409. The fourth-order valence-corrected chi connectivity index (χ4v) is 2.82. The standard InChI is InChI=1S/C14H24N4O/c1-4-11-8-6-5-7-9-18(11)14-12(19-3)13(15-2)16-10-17-14/h10-11H,4-9H2,1-3H3,(H,15,16,17). The van der Waals surface area contributed by atoms with Gasteiger partial charge in [0.25, 0.3) is 0 Å². The molecule has 1 aromatic rings. The Morgan fingerprint density at radius 3 is 2.89 bits per heavy atom. The van der Waals surface area contributed by atoms with E-state index in [0.29, 0.717) is 6.04 Å². The van der Waals surface area contributed by atoms with E-state index in [2.05, 4.69) is 27.1 Å². The minimum Gasteiger partial charge on any atom is -0.490 e. The Hall–Kier alpha value is -1.52. The van der Waals surface area contributed by atoms with E-state index >= 15 is 0 Å². The minimum atomic E-state index is 0.552. The van der Waals surface area contributed by atoms with Gasteiger partial charge >= 0.3 is 0 Å². The van der Waals surface area contributed by atoms with E-state index in [1.54, 1.807) is 13.4 Å². The molecule has 0 bridgehead atoms. The summed E-state index contributed by atoms with van der Waals surface area (Å²) in [4.78, 5) is 11.1. The third-order valence-corrected chi connectivity index (χ3v) is 3.85. The van der Waals surface area contributed by atoms with Gasteiger partial charge < -0.3 is 15.0 Å². The fraction of sp³-hybridized carbons (Fsp3) is 0.714. The van der Waals surface area contributed by atoms with Crippen molar-refractivity contribution in [3.05, 3.63) is 6.33 Å². The Morgan fingerprint density at radius 1 is 1.37 bits per heavy atom. The van der Waals surface area contributed by atoms with Gasteiger partial charge in [-0.1, -0.05) is 19.8 Å². The zero-order valence-electron chi connectivity index (χ0n) is 12.1. The highest BCUT2D eigenvalue weighted by Gasteiger charge is 2.25. The molecule has 2 rings (SSSR count). The van der Waals surface area contributed by atoms with E-state index in [9.17, 15) is 0 Å². The first-order valence-corrected chi connectivity index (χ1v) is 7.15. The molecule has 1 aromatic heterocycles. The van der Waals surface area contributed by atoms with E-state index in [4.69, 9.17) is 4.74 Å². The molecule has 1 aliphatic heterocycles. The van der Waals surface area contributed by atoms with Crippen LogP contribution in [0.5, 0.6) is 5.75 Å². The Bertz CT molecular complexity index is 410. The fourth-order valence-electron chi connectivity index (χ4n) is 2.82. The maximum Gasteiger partial charge on any atom is 0.204 e. The number of nitrogens with zero attached hydrogens (tertiary/aromatic N) is 3. The lowest BCUT2D eigenvalue weighted by Gasteiger charge is -2.31. The summed E-state index contributed by atoms with van der Waals surface area (Å²) in [5.41, 5.74) is 0. The van der Waals surface area contributed by atoms with Crippen LogP contribution in [0.15, 0.2) is 6.33 Å². The first-order valence-electron chi connectivity index (χ1n) is 7.15. The molecule has 0 amide bonds. The van der Waals surface area contributed by atoms with Crippen molar-refractivity contribution in [2.45, 2.75) is 45.1 Å². The quantitative estimate of drug-likeness (QED) is 0.906. The number of nitrogens with one attached hydrogen (secondary N) is 1. The molecule has 0 saturated carbocycles. The number of anilines is 2. The first kappa shape index (κ1) is 13.9. The molecular formula is C14H24N4O. The highest BCUT2D eigenvalue weighted by Crippen LogP contribution is 2.35. The maximum absolute atomic E-state index is 5.53. The van der Waals surface area contributed by atoms with E-state index in [-0.39, 0.29) is 0 Å². The van der Waals surface area contributed by atoms with Gasteiger partial charge in [0.05, 0.1) is 7.11 Å². The number of hydrogen-bond donors (Lipinski definition) is 1. The molecule has 1 aliphatic rings. The average molecular weight is 264 g/mol. The van der Waals surface area contributed by atoms with Crippen molar-refractivity contribution in [2.24, 2.45) is 0 Å². The van der Waals surface area contributed by atoms with Crippen molar-refractivity contribution >= 4 is 11.6 Å². The molecule has 1 unspecified atom stereocenters. The summed E-state index contributed by atoms with van der Waals surface area (Å²) >= 11 is 0. The molecule has 1 N–H and O–H groups in total. The van der Waals surface area contributed by atoms with Crippen molar-refractivity contribution in [1.82, 2.24) is 9.97 Å².